The lowest BCUT2D eigenvalue weighted by atomic mass is 9.49. The van der Waals surface area contributed by atoms with Gasteiger partial charge in [0.1, 0.15) is 0 Å². The van der Waals surface area contributed by atoms with Gasteiger partial charge in [0.25, 0.3) is 0 Å². The molecule has 5 heteroatoms. The van der Waals surface area contributed by atoms with Gasteiger partial charge in [0.15, 0.2) is 0 Å². The maximum absolute atomic E-state index is 14.2. The zero-order valence-corrected chi connectivity index (χ0v) is 24.2. The molecule has 2 amide bonds. The second kappa shape index (κ2) is 8.84. The molecule has 0 heterocycles. The number of hydrogen-bond donors (Lipinski definition) is 3. The van der Waals surface area contributed by atoms with Gasteiger partial charge >= 0.3 is 0 Å². The van der Waals surface area contributed by atoms with Gasteiger partial charge in [0, 0.05) is 11.4 Å². The number of nitrogens with two attached hydrogens (primary N) is 2. The standard InChI is InChI=1S/C34H45N3O2/c1-31-15-5-17-33(3,27(31)13-9-21-7-11-23(35)19-25(21)31)29(38)37-30(39)34(4)18-6-16-32(2)26-20-24(36)12-8-22(26)10-14-28(32)34/h7-8,11-12,19-20,27-28H,5-6,9-10,13-18,35-36H2,1-4H3,(H,37,38,39)/t27-,28-,31-,32-,33+,34+/m1/s1. The number of carbonyl (C=O) groups is 2. The van der Waals surface area contributed by atoms with Crippen LogP contribution in [0.1, 0.15) is 101 Å². The summed E-state index contributed by atoms with van der Waals surface area (Å²) in [7, 11) is 0. The smallest absolute Gasteiger partial charge is 0.232 e. The van der Waals surface area contributed by atoms with Gasteiger partial charge in [-0.25, -0.2) is 0 Å². The van der Waals surface area contributed by atoms with Crippen molar-refractivity contribution in [3.63, 3.8) is 0 Å². The fourth-order valence-corrected chi connectivity index (χ4v) is 9.89. The van der Waals surface area contributed by atoms with E-state index >= 15 is 0 Å². The molecule has 6 rings (SSSR count). The molecule has 0 unspecified atom stereocenters. The first-order valence-corrected chi connectivity index (χ1v) is 15.1. The van der Waals surface area contributed by atoms with Crippen molar-refractivity contribution in [2.75, 3.05) is 11.5 Å². The molecule has 0 aromatic heterocycles. The van der Waals surface area contributed by atoms with Crippen molar-refractivity contribution >= 4 is 23.2 Å². The monoisotopic (exact) mass is 527 g/mol. The van der Waals surface area contributed by atoms with Crippen LogP contribution in [-0.2, 0) is 33.3 Å². The molecular weight excluding hydrogens is 482 g/mol. The molecule has 2 fully saturated rings. The summed E-state index contributed by atoms with van der Waals surface area (Å²) < 4.78 is 0. The van der Waals surface area contributed by atoms with Crippen molar-refractivity contribution in [2.24, 2.45) is 22.7 Å². The molecule has 0 radical (unpaired) electrons. The lowest BCUT2D eigenvalue weighted by Gasteiger charge is -2.56. The summed E-state index contributed by atoms with van der Waals surface area (Å²) in [4.78, 5) is 28.4. The van der Waals surface area contributed by atoms with E-state index in [1.807, 2.05) is 12.1 Å². The number of fused-ring (bicyclic) bond motifs is 6. The number of hydrogen-bond acceptors (Lipinski definition) is 4. The first kappa shape index (κ1) is 26.4. The van der Waals surface area contributed by atoms with Crippen LogP contribution < -0.4 is 16.8 Å². The molecule has 0 bridgehead atoms. The summed E-state index contributed by atoms with van der Waals surface area (Å²) in [5, 5.41) is 3.04. The minimum absolute atomic E-state index is 0.0790. The second-order valence-electron chi connectivity index (χ2n) is 14.2. The number of benzene rings is 2. The quantitative estimate of drug-likeness (QED) is 0.319. The third-order valence-corrected chi connectivity index (χ3v) is 12.0. The molecule has 0 spiro atoms. The first-order valence-electron chi connectivity index (χ1n) is 15.1. The highest BCUT2D eigenvalue weighted by Crippen LogP contribution is 2.59. The van der Waals surface area contributed by atoms with Gasteiger partial charge in [-0.05, 0) is 121 Å². The number of anilines is 2. The van der Waals surface area contributed by atoms with E-state index in [2.05, 4.69) is 57.3 Å². The van der Waals surface area contributed by atoms with Crippen molar-refractivity contribution in [2.45, 2.75) is 103 Å². The van der Waals surface area contributed by atoms with E-state index in [-0.39, 0.29) is 34.5 Å². The topological polar surface area (TPSA) is 98.2 Å². The van der Waals surface area contributed by atoms with Gasteiger partial charge in [0.2, 0.25) is 11.8 Å². The lowest BCUT2D eigenvalue weighted by Crippen LogP contribution is -2.60. The molecular formula is C34H45N3O2. The van der Waals surface area contributed by atoms with Crippen LogP contribution in [0.15, 0.2) is 36.4 Å². The number of aryl methyl sites for hydroxylation is 2. The zero-order chi connectivity index (χ0) is 27.8. The Hall–Kier alpha value is -2.82. The van der Waals surface area contributed by atoms with E-state index in [4.69, 9.17) is 11.5 Å². The van der Waals surface area contributed by atoms with Crippen LogP contribution in [-0.4, -0.2) is 11.8 Å². The third-order valence-electron chi connectivity index (χ3n) is 12.0. The Bertz CT molecular complexity index is 1250. The van der Waals surface area contributed by atoms with Gasteiger partial charge in [-0.3, -0.25) is 14.9 Å². The van der Waals surface area contributed by atoms with E-state index in [0.29, 0.717) is 0 Å². The van der Waals surface area contributed by atoms with Gasteiger partial charge in [-0.2, -0.15) is 0 Å². The van der Waals surface area contributed by atoms with Crippen LogP contribution in [0.25, 0.3) is 0 Å². The van der Waals surface area contributed by atoms with Gasteiger partial charge in [-0.15, -0.1) is 0 Å². The Kier molecular flexibility index (Phi) is 5.99. The van der Waals surface area contributed by atoms with E-state index in [0.717, 1.165) is 75.6 Å². The van der Waals surface area contributed by atoms with Gasteiger partial charge in [0.05, 0.1) is 10.8 Å². The highest BCUT2D eigenvalue weighted by atomic mass is 16.2. The average Bonchev–Trinajstić information content (AvgIpc) is 2.89. The highest BCUT2D eigenvalue weighted by molar-refractivity contribution is 6.00. The van der Waals surface area contributed by atoms with Gasteiger partial charge in [-0.1, -0.05) is 52.7 Å². The van der Waals surface area contributed by atoms with Crippen molar-refractivity contribution < 1.29 is 9.59 Å². The number of nitrogens with one attached hydrogen (secondary N) is 1. The molecule has 4 aliphatic carbocycles. The predicted octanol–water partition coefficient (Wildman–Crippen LogP) is 6.21. The summed E-state index contributed by atoms with van der Waals surface area (Å²) in [5.41, 5.74) is 17.9. The second-order valence-corrected chi connectivity index (χ2v) is 14.2. The fourth-order valence-electron chi connectivity index (χ4n) is 9.89. The summed E-state index contributed by atoms with van der Waals surface area (Å²) in [6, 6.07) is 12.6. The minimum atomic E-state index is -0.590. The summed E-state index contributed by atoms with van der Waals surface area (Å²) in [6.45, 7) is 8.87. The summed E-state index contributed by atoms with van der Waals surface area (Å²) in [5.74, 6) is 0.194. The number of rotatable bonds is 2. The predicted molar refractivity (Wildman–Crippen MR) is 157 cm³/mol. The molecule has 4 aliphatic rings. The van der Waals surface area contributed by atoms with E-state index in [1.165, 1.54) is 22.3 Å². The van der Waals surface area contributed by atoms with Crippen LogP contribution in [0.4, 0.5) is 11.4 Å². The number of imide groups is 1. The third kappa shape index (κ3) is 3.78. The van der Waals surface area contributed by atoms with Crippen LogP contribution in [0.2, 0.25) is 0 Å². The molecule has 208 valence electrons. The largest absolute Gasteiger partial charge is 0.399 e. The van der Waals surface area contributed by atoms with Crippen LogP contribution in [0.3, 0.4) is 0 Å². The maximum Gasteiger partial charge on any atom is 0.232 e. The number of nitrogen functional groups attached to an aromatic ring is 2. The molecule has 5 N–H and O–H groups in total. The molecule has 6 atom stereocenters. The SMILES string of the molecule is C[C@]1(C(=O)NC(=O)[C@@]2(C)CCC[C@]3(C)c4cc(N)ccc4CC[C@@H]23)CCC[C@]2(C)c3cc(N)ccc3CC[C@@H]12. The molecule has 2 aromatic carbocycles. The van der Waals surface area contributed by atoms with Crippen molar-refractivity contribution in [1.29, 1.82) is 0 Å². The van der Waals surface area contributed by atoms with E-state index < -0.39 is 10.8 Å². The molecule has 2 aromatic rings. The van der Waals surface area contributed by atoms with Crippen LogP contribution >= 0.6 is 0 Å². The zero-order valence-electron chi connectivity index (χ0n) is 24.2. The highest BCUT2D eigenvalue weighted by Gasteiger charge is 2.58. The first-order chi connectivity index (χ1) is 18.4. The van der Waals surface area contributed by atoms with Crippen molar-refractivity contribution in [1.82, 2.24) is 5.32 Å². The minimum Gasteiger partial charge on any atom is -0.399 e. The normalized spacial score (nSPS) is 37.0. The Morgan fingerprint density at radius 3 is 1.51 bits per heavy atom. The van der Waals surface area contributed by atoms with Gasteiger partial charge < -0.3 is 11.5 Å². The Morgan fingerprint density at radius 1 is 0.692 bits per heavy atom. The number of carbonyl (C=O) groups excluding carboxylic acids is 2. The fraction of sp³-hybridized carbons (Fsp3) is 0.588. The van der Waals surface area contributed by atoms with Crippen LogP contribution in [0.5, 0.6) is 0 Å². The van der Waals surface area contributed by atoms with Crippen molar-refractivity contribution in [3.8, 4) is 0 Å². The Balaban J connectivity index is 1.28. The van der Waals surface area contributed by atoms with E-state index in [1.54, 1.807) is 0 Å². The molecule has 2 saturated carbocycles. The average molecular weight is 528 g/mol. The molecule has 5 nitrogen and oxygen atoms in total. The van der Waals surface area contributed by atoms with Crippen molar-refractivity contribution in [3.05, 3.63) is 58.7 Å². The summed E-state index contributed by atoms with van der Waals surface area (Å²) in [6.07, 6.45) is 9.48. The molecule has 39 heavy (non-hydrogen) atoms. The maximum atomic E-state index is 14.2. The summed E-state index contributed by atoms with van der Waals surface area (Å²) >= 11 is 0. The number of amides is 2. The Morgan fingerprint density at radius 2 is 1.10 bits per heavy atom. The Labute approximate surface area is 233 Å². The van der Waals surface area contributed by atoms with Crippen LogP contribution in [0, 0.1) is 22.7 Å². The van der Waals surface area contributed by atoms with E-state index in [9.17, 15) is 9.59 Å². The molecule has 0 aliphatic heterocycles. The lowest BCUT2D eigenvalue weighted by molar-refractivity contribution is -0.150. The molecule has 0 saturated heterocycles.